The summed E-state index contributed by atoms with van der Waals surface area (Å²) in [6.45, 7) is 2.06. The van der Waals surface area contributed by atoms with Gasteiger partial charge in [-0.1, -0.05) is 0 Å². The van der Waals surface area contributed by atoms with Gasteiger partial charge in [0, 0.05) is 17.9 Å². The van der Waals surface area contributed by atoms with Crippen LogP contribution in [0.3, 0.4) is 0 Å². The van der Waals surface area contributed by atoms with E-state index in [1.807, 2.05) is 6.20 Å². The van der Waals surface area contributed by atoms with Crippen molar-refractivity contribution in [2.24, 2.45) is 35.3 Å². The summed E-state index contributed by atoms with van der Waals surface area (Å²) in [7, 11) is 0. The quantitative estimate of drug-likeness (QED) is 0.880. The van der Waals surface area contributed by atoms with E-state index in [-0.39, 0.29) is 6.04 Å². The second-order valence-electron chi connectivity index (χ2n) is 7.26. The predicted molar refractivity (Wildman–Crippen MR) is 76.4 cm³/mol. The molecule has 4 bridgehead atoms. The van der Waals surface area contributed by atoms with E-state index >= 15 is 0 Å². The first-order valence-corrected chi connectivity index (χ1v) is 7.89. The number of hydrogen-bond donors (Lipinski definition) is 1. The summed E-state index contributed by atoms with van der Waals surface area (Å²) < 4.78 is 0. The highest BCUT2D eigenvalue weighted by Gasteiger charge is 2.50. The first kappa shape index (κ1) is 11.9. The van der Waals surface area contributed by atoms with Crippen molar-refractivity contribution in [3.63, 3.8) is 0 Å². The lowest BCUT2D eigenvalue weighted by Gasteiger charge is -2.56. The largest absolute Gasteiger partial charge is 0.324 e. The van der Waals surface area contributed by atoms with Crippen LogP contribution in [0.4, 0.5) is 0 Å². The Morgan fingerprint density at radius 2 is 1.74 bits per heavy atom. The van der Waals surface area contributed by atoms with Crippen molar-refractivity contribution in [3.8, 4) is 0 Å². The van der Waals surface area contributed by atoms with Crippen molar-refractivity contribution in [3.05, 3.63) is 29.6 Å². The van der Waals surface area contributed by atoms with Crippen molar-refractivity contribution in [2.45, 2.75) is 45.1 Å². The molecule has 0 aliphatic heterocycles. The van der Waals surface area contributed by atoms with Crippen LogP contribution in [0.25, 0.3) is 0 Å². The Morgan fingerprint density at radius 3 is 2.32 bits per heavy atom. The summed E-state index contributed by atoms with van der Waals surface area (Å²) in [6, 6.07) is 4.55. The average Bonchev–Trinajstić information content (AvgIpc) is 2.37. The fourth-order valence-electron chi connectivity index (χ4n) is 5.55. The third-order valence-corrected chi connectivity index (χ3v) is 6.02. The van der Waals surface area contributed by atoms with Gasteiger partial charge in [-0.2, -0.15) is 0 Å². The van der Waals surface area contributed by atoms with Crippen LogP contribution in [0, 0.1) is 36.5 Å². The Kier molecular flexibility index (Phi) is 2.70. The van der Waals surface area contributed by atoms with Gasteiger partial charge in [0.1, 0.15) is 0 Å². The van der Waals surface area contributed by atoms with Gasteiger partial charge >= 0.3 is 0 Å². The van der Waals surface area contributed by atoms with Crippen molar-refractivity contribution in [1.82, 2.24) is 4.98 Å². The number of nitrogens with two attached hydrogens (primary N) is 1. The van der Waals surface area contributed by atoms with Crippen LogP contribution in [0.15, 0.2) is 18.3 Å². The zero-order valence-corrected chi connectivity index (χ0v) is 11.8. The van der Waals surface area contributed by atoms with Crippen molar-refractivity contribution in [2.75, 3.05) is 0 Å². The minimum Gasteiger partial charge on any atom is -0.324 e. The lowest BCUT2D eigenvalue weighted by atomic mass is 9.50. The molecule has 0 saturated heterocycles. The normalized spacial score (nSPS) is 41.5. The van der Waals surface area contributed by atoms with Gasteiger partial charge in [-0.25, -0.2) is 0 Å². The molecule has 0 spiro atoms. The van der Waals surface area contributed by atoms with Gasteiger partial charge in [0.05, 0.1) is 0 Å². The van der Waals surface area contributed by atoms with E-state index in [1.165, 1.54) is 37.7 Å². The van der Waals surface area contributed by atoms with Gasteiger partial charge in [0.2, 0.25) is 0 Å². The van der Waals surface area contributed by atoms with Crippen LogP contribution in [0.1, 0.15) is 49.4 Å². The highest BCUT2D eigenvalue weighted by molar-refractivity contribution is 5.21. The van der Waals surface area contributed by atoms with Crippen molar-refractivity contribution >= 4 is 0 Å². The molecule has 4 aliphatic carbocycles. The molecule has 4 fully saturated rings. The Labute approximate surface area is 115 Å². The molecule has 1 aromatic rings. The van der Waals surface area contributed by atoms with E-state index in [0.29, 0.717) is 0 Å². The molecule has 1 aromatic heterocycles. The number of hydrogen-bond acceptors (Lipinski definition) is 2. The lowest BCUT2D eigenvalue weighted by Crippen LogP contribution is -2.48. The SMILES string of the molecule is Cc1cc(C(N)C2C3CC4CC(C3)CC2C4)ccn1. The molecule has 0 aromatic carbocycles. The van der Waals surface area contributed by atoms with Gasteiger partial charge in [-0.15, -0.1) is 0 Å². The van der Waals surface area contributed by atoms with Crippen LogP contribution in [-0.2, 0) is 0 Å². The van der Waals surface area contributed by atoms with E-state index in [0.717, 1.165) is 35.3 Å². The number of nitrogens with zero attached hydrogens (tertiary/aromatic N) is 1. The van der Waals surface area contributed by atoms with Gasteiger partial charge < -0.3 is 5.73 Å². The highest BCUT2D eigenvalue weighted by atomic mass is 14.7. The highest BCUT2D eigenvalue weighted by Crippen LogP contribution is 2.58. The molecule has 0 amide bonds. The predicted octanol–water partition coefficient (Wildman–Crippen LogP) is 3.46. The standard InChI is InChI=1S/C17H24N2/c1-10-4-13(2-3-19-10)17(18)16-14-6-11-5-12(8-14)9-15(16)7-11/h2-4,11-12,14-17H,5-9,18H2,1H3. The molecular formula is C17H24N2. The fourth-order valence-corrected chi connectivity index (χ4v) is 5.55. The molecule has 0 radical (unpaired) electrons. The smallest absolute Gasteiger partial charge is 0.0375 e. The molecule has 1 atom stereocenters. The summed E-state index contributed by atoms with van der Waals surface area (Å²) in [6.07, 6.45) is 9.25. The maximum absolute atomic E-state index is 6.66. The van der Waals surface area contributed by atoms with Gasteiger partial charge in [0.25, 0.3) is 0 Å². The van der Waals surface area contributed by atoms with Crippen LogP contribution < -0.4 is 5.73 Å². The molecule has 4 saturated carbocycles. The van der Waals surface area contributed by atoms with Crippen molar-refractivity contribution < 1.29 is 0 Å². The first-order chi connectivity index (χ1) is 9.20. The summed E-state index contributed by atoms with van der Waals surface area (Å²) in [4.78, 5) is 4.30. The Hall–Kier alpha value is -0.890. The third kappa shape index (κ3) is 1.92. The van der Waals surface area contributed by atoms with Gasteiger partial charge in [-0.3, -0.25) is 4.98 Å². The third-order valence-electron chi connectivity index (χ3n) is 6.02. The van der Waals surface area contributed by atoms with Crippen LogP contribution in [-0.4, -0.2) is 4.98 Å². The number of pyridine rings is 1. The van der Waals surface area contributed by atoms with E-state index in [9.17, 15) is 0 Å². The summed E-state index contributed by atoms with van der Waals surface area (Å²) in [5.41, 5.74) is 9.07. The molecule has 2 heteroatoms. The molecular weight excluding hydrogens is 232 g/mol. The molecule has 1 heterocycles. The van der Waals surface area contributed by atoms with E-state index in [2.05, 4.69) is 24.0 Å². The Bertz CT molecular complexity index is 454. The maximum Gasteiger partial charge on any atom is 0.0375 e. The minimum absolute atomic E-state index is 0.233. The maximum atomic E-state index is 6.66. The number of rotatable bonds is 2. The monoisotopic (exact) mass is 256 g/mol. The van der Waals surface area contributed by atoms with Gasteiger partial charge in [-0.05, 0) is 86.3 Å². The Morgan fingerprint density at radius 1 is 1.11 bits per heavy atom. The second kappa shape index (κ2) is 4.31. The lowest BCUT2D eigenvalue weighted by molar-refractivity contribution is -0.0471. The molecule has 5 rings (SSSR count). The number of aromatic nitrogens is 1. The summed E-state index contributed by atoms with van der Waals surface area (Å²) in [5.74, 6) is 4.60. The molecule has 102 valence electrons. The molecule has 1 unspecified atom stereocenters. The Balaban J connectivity index is 1.62. The van der Waals surface area contributed by atoms with Crippen LogP contribution in [0.2, 0.25) is 0 Å². The average molecular weight is 256 g/mol. The summed E-state index contributed by atoms with van der Waals surface area (Å²) in [5, 5.41) is 0. The van der Waals surface area contributed by atoms with E-state index < -0.39 is 0 Å². The zero-order chi connectivity index (χ0) is 13.0. The minimum atomic E-state index is 0.233. The topological polar surface area (TPSA) is 38.9 Å². The van der Waals surface area contributed by atoms with Crippen LogP contribution >= 0.6 is 0 Å². The molecule has 4 aliphatic rings. The molecule has 2 nitrogen and oxygen atoms in total. The zero-order valence-electron chi connectivity index (χ0n) is 11.8. The second-order valence-corrected chi connectivity index (χ2v) is 7.26. The molecule has 2 N–H and O–H groups in total. The first-order valence-electron chi connectivity index (χ1n) is 7.89. The number of aryl methyl sites for hydroxylation is 1. The fraction of sp³-hybridized carbons (Fsp3) is 0.706. The summed E-state index contributed by atoms with van der Waals surface area (Å²) >= 11 is 0. The van der Waals surface area contributed by atoms with E-state index in [1.54, 1.807) is 0 Å². The molecule has 19 heavy (non-hydrogen) atoms. The van der Waals surface area contributed by atoms with Gasteiger partial charge in [0.15, 0.2) is 0 Å². The van der Waals surface area contributed by atoms with E-state index in [4.69, 9.17) is 5.73 Å². The van der Waals surface area contributed by atoms with Crippen molar-refractivity contribution in [1.29, 1.82) is 0 Å². The van der Waals surface area contributed by atoms with Crippen LogP contribution in [0.5, 0.6) is 0 Å².